The molecule has 1 aromatic carbocycles. The van der Waals surface area contributed by atoms with Crippen LogP contribution in [0.3, 0.4) is 0 Å². The average Bonchev–Trinajstić information content (AvgIpc) is 2.64. The molecule has 0 aromatic heterocycles. The lowest BCUT2D eigenvalue weighted by atomic mass is 9.68. The second-order valence-electron chi connectivity index (χ2n) is 5.46. The molecule has 3 heterocycles. The van der Waals surface area contributed by atoms with Crippen LogP contribution in [0.4, 0.5) is 0 Å². The SMILES string of the molecule is c1ccc([C@]23C[C@H]4CC[C@H]2N(CO3)C4)cc1. The van der Waals surface area contributed by atoms with Crippen LogP contribution in [0.1, 0.15) is 24.8 Å². The largest absolute Gasteiger partial charge is 0.353 e. The van der Waals surface area contributed by atoms with Gasteiger partial charge in [0.25, 0.3) is 0 Å². The molecule has 3 aliphatic heterocycles. The van der Waals surface area contributed by atoms with Crippen LogP contribution in [0.5, 0.6) is 0 Å². The zero-order valence-corrected chi connectivity index (χ0v) is 9.43. The minimum absolute atomic E-state index is 0.0302. The van der Waals surface area contributed by atoms with Gasteiger partial charge in [-0.3, -0.25) is 4.90 Å². The summed E-state index contributed by atoms with van der Waals surface area (Å²) in [5.41, 5.74) is 1.43. The quantitative estimate of drug-likeness (QED) is 0.713. The Morgan fingerprint density at radius 1 is 1.19 bits per heavy atom. The maximum Gasteiger partial charge on any atom is 0.111 e. The third-order valence-electron chi connectivity index (χ3n) is 4.66. The molecule has 2 nitrogen and oxygen atoms in total. The van der Waals surface area contributed by atoms with Crippen LogP contribution in [0.15, 0.2) is 30.3 Å². The Bertz CT molecular complexity index is 404. The van der Waals surface area contributed by atoms with Gasteiger partial charge in [0.15, 0.2) is 0 Å². The first-order valence-corrected chi connectivity index (χ1v) is 6.32. The lowest BCUT2D eigenvalue weighted by Crippen LogP contribution is -2.54. The fourth-order valence-corrected chi connectivity index (χ4v) is 4.00. The summed E-state index contributed by atoms with van der Waals surface area (Å²) in [5.74, 6) is 0.854. The van der Waals surface area contributed by atoms with Crippen molar-refractivity contribution in [3.05, 3.63) is 35.9 Å². The normalized spacial score (nSPS) is 44.9. The lowest BCUT2D eigenvalue weighted by Gasteiger charge is -2.49. The van der Waals surface area contributed by atoms with Gasteiger partial charge in [0.1, 0.15) is 12.3 Å². The van der Waals surface area contributed by atoms with Gasteiger partial charge >= 0.3 is 0 Å². The van der Waals surface area contributed by atoms with Gasteiger partial charge in [-0.1, -0.05) is 30.3 Å². The van der Waals surface area contributed by atoms with Gasteiger partial charge in [0.05, 0.1) is 0 Å². The standard InChI is InChI=1S/C14H17NO/c1-2-4-12(5-3-1)14-8-11-6-7-13(14)15(9-11)10-16-14/h1-5,11,13H,6-10H2/t11-,13-,14-/m1/s1. The topological polar surface area (TPSA) is 12.5 Å². The number of hydrogen-bond acceptors (Lipinski definition) is 2. The first-order chi connectivity index (χ1) is 7.88. The summed E-state index contributed by atoms with van der Waals surface area (Å²) in [6, 6.07) is 11.5. The summed E-state index contributed by atoms with van der Waals surface area (Å²) >= 11 is 0. The molecule has 0 amide bonds. The zero-order chi connectivity index (χ0) is 10.6. The number of hydrogen-bond donors (Lipinski definition) is 0. The van der Waals surface area contributed by atoms with E-state index in [2.05, 4.69) is 35.2 Å². The molecule has 1 aromatic rings. The van der Waals surface area contributed by atoms with Crippen LogP contribution in [0.2, 0.25) is 0 Å². The molecule has 4 bridgehead atoms. The van der Waals surface area contributed by atoms with Gasteiger partial charge in [0.2, 0.25) is 0 Å². The van der Waals surface area contributed by atoms with E-state index in [4.69, 9.17) is 4.74 Å². The maximum atomic E-state index is 6.21. The minimum Gasteiger partial charge on any atom is -0.353 e. The van der Waals surface area contributed by atoms with E-state index in [9.17, 15) is 0 Å². The number of rotatable bonds is 1. The van der Waals surface area contributed by atoms with Gasteiger partial charge in [-0.15, -0.1) is 0 Å². The Balaban J connectivity index is 1.82. The Morgan fingerprint density at radius 2 is 2.06 bits per heavy atom. The maximum absolute atomic E-state index is 6.21. The van der Waals surface area contributed by atoms with E-state index in [0.29, 0.717) is 6.04 Å². The summed E-state index contributed by atoms with van der Waals surface area (Å²) in [4.78, 5) is 2.55. The van der Waals surface area contributed by atoms with E-state index in [0.717, 1.165) is 12.6 Å². The predicted octanol–water partition coefficient (Wildman–Crippen LogP) is 2.35. The Labute approximate surface area is 96.2 Å². The first-order valence-electron chi connectivity index (χ1n) is 6.32. The highest BCUT2D eigenvalue weighted by molar-refractivity contribution is 5.28. The molecule has 4 fully saturated rings. The third-order valence-corrected chi connectivity index (χ3v) is 4.66. The molecule has 1 aliphatic carbocycles. The van der Waals surface area contributed by atoms with Crippen LogP contribution in [-0.2, 0) is 10.3 Å². The van der Waals surface area contributed by atoms with Crippen molar-refractivity contribution in [2.24, 2.45) is 5.92 Å². The Morgan fingerprint density at radius 3 is 2.88 bits per heavy atom. The molecule has 2 heteroatoms. The molecule has 4 atom stereocenters. The van der Waals surface area contributed by atoms with Gasteiger partial charge in [-0.05, 0) is 30.7 Å². The van der Waals surface area contributed by atoms with Crippen molar-refractivity contribution in [3.63, 3.8) is 0 Å². The minimum atomic E-state index is 0.0302. The molecule has 84 valence electrons. The highest BCUT2D eigenvalue weighted by atomic mass is 16.5. The molecular weight excluding hydrogens is 198 g/mol. The molecule has 16 heavy (non-hydrogen) atoms. The summed E-state index contributed by atoms with van der Waals surface area (Å²) in [5, 5.41) is 0. The van der Waals surface area contributed by atoms with Crippen LogP contribution < -0.4 is 0 Å². The number of ether oxygens (including phenoxy) is 1. The molecular formula is C14H17NO. The highest BCUT2D eigenvalue weighted by Gasteiger charge is 2.57. The van der Waals surface area contributed by atoms with E-state index in [1.165, 1.54) is 31.4 Å². The van der Waals surface area contributed by atoms with Gasteiger partial charge in [-0.2, -0.15) is 0 Å². The molecule has 0 radical (unpaired) electrons. The van der Waals surface area contributed by atoms with Crippen LogP contribution in [0.25, 0.3) is 0 Å². The van der Waals surface area contributed by atoms with Gasteiger partial charge in [-0.25, -0.2) is 0 Å². The number of benzene rings is 1. The average molecular weight is 215 g/mol. The molecule has 0 spiro atoms. The molecule has 1 unspecified atom stereocenters. The van der Waals surface area contributed by atoms with Gasteiger partial charge in [0, 0.05) is 12.6 Å². The number of fused-ring (bicyclic) bond motifs is 1. The Hall–Kier alpha value is -0.860. The van der Waals surface area contributed by atoms with Crippen molar-refractivity contribution in [1.82, 2.24) is 4.90 Å². The summed E-state index contributed by atoms with van der Waals surface area (Å²) < 4.78 is 6.21. The van der Waals surface area contributed by atoms with Crippen LogP contribution >= 0.6 is 0 Å². The van der Waals surface area contributed by atoms with Crippen molar-refractivity contribution in [2.75, 3.05) is 13.3 Å². The fourth-order valence-electron chi connectivity index (χ4n) is 4.00. The Kier molecular flexibility index (Phi) is 1.77. The zero-order valence-electron chi connectivity index (χ0n) is 9.43. The van der Waals surface area contributed by atoms with Crippen molar-refractivity contribution >= 4 is 0 Å². The monoisotopic (exact) mass is 215 g/mol. The molecule has 4 aliphatic rings. The van der Waals surface area contributed by atoms with Crippen molar-refractivity contribution in [2.45, 2.75) is 30.9 Å². The van der Waals surface area contributed by atoms with Crippen molar-refractivity contribution in [3.8, 4) is 0 Å². The molecule has 1 saturated carbocycles. The first kappa shape index (κ1) is 9.20. The van der Waals surface area contributed by atoms with E-state index >= 15 is 0 Å². The van der Waals surface area contributed by atoms with Crippen molar-refractivity contribution < 1.29 is 4.74 Å². The number of nitrogens with zero attached hydrogens (tertiary/aromatic N) is 1. The van der Waals surface area contributed by atoms with Crippen LogP contribution in [0, 0.1) is 5.92 Å². The number of piperidine rings is 2. The summed E-state index contributed by atoms with van der Waals surface area (Å²) in [6.45, 7) is 2.11. The molecule has 5 rings (SSSR count). The van der Waals surface area contributed by atoms with Crippen LogP contribution in [-0.4, -0.2) is 24.2 Å². The third kappa shape index (κ3) is 1.04. The van der Waals surface area contributed by atoms with Crippen molar-refractivity contribution in [1.29, 1.82) is 0 Å². The fraction of sp³-hybridized carbons (Fsp3) is 0.571. The second-order valence-corrected chi connectivity index (χ2v) is 5.46. The van der Waals surface area contributed by atoms with E-state index < -0.39 is 0 Å². The lowest BCUT2D eigenvalue weighted by molar-refractivity contribution is -0.0536. The highest BCUT2D eigenvalue weighted by Crippen LogP contribution is 2.53. The van der Waals surface area contributed by atoms with E-state index in [1.54, 1.807) is 0 Å². The summed E-state index contributed by atoms with van der Waals surface area (Å²) in [6.07, 6.45) is 3.96. The molecule has 0 N–H and O–H groups in total. The molecule has 3 saturated heterocycles. The second kappa shape index (κ2) is 3.08. The predicted molar refractivity (Wildman–Crippen MR) is 61.9 cm³/mol. The van der Waals surface area contributed by atoms with E-state index in [-0.39, 0.29) is 5.60 Å². The smallest absolute Gasteiger partial charge is 0.111 e. The summed E-state index contributed by atoms with van der Waals surface area (Å²) in [7, 11) is 0. The van der Waals surface area contributed by atoms with E-state index in [1.807, 2.05) is 0 Å². The van der Waals surface area contributed by atoms with Gasteiger partial charge < -0.3 is 4.74 Å².